The fraction of sp³-hybridized carbons (Fsp3) is 0.350. The molecule has 26 heavy (non-hydrogen) atoms. The number of nitrogens with one attached hydrogen (secondary N) is 1. The maximum atomic E-state index is 11.9. The third kappa shape index (κ3) is 3.76. The first-order chi connectivity index (χ1) is 12.4. The smallest absolute Gasteiger partial charge is 0.223 e. The Hall–Kier alpha value is -1.53. The van der Waals surface area contributed by atoms with Gasteiger partial charge in [-0.1, -0.05) is 35.9 Å². The summed E-state index contributed by atoms with van der Waals surface area (Å²) < 4.78 is 0. The number of carbonyl (C=O) groups is 1. The van der Waals surface area contributed by atoms with Crippen LogP contribution in [0.3, 0.4) is 0 Å². The SMILES string of the molecule is CSc1ccc(C(O)(c2ccc(Cl)cc2)C(O)CC2CCNC2=O)cc1. The van der Waals surface area contributed by atoms with E-state index in [1.54, 1.807) is 36.0 Å². The topological polar surface area (TPSA) is 69.6 Å². The van der Waals surface area contributed by atoms with Crippen molar-refractivity contribution in [2.24, 2.45) is 5.92 Å². The molecule has 138 valence electrons. The molecule has 1 fully saturated rings. The first-order valence-corrected chi connectivity index (χ1v) is 10.1. The van der Waals surface area contributed by atoms with Gasteiger partial charge in [0.05, 0.1) is 6.10 Å². The molecule has 1 heterocycles. The van der Waals surface area contributed by atoms with E-state index >= 15 is 0 Å². The monoisotopic (exact) mass is 391 g/mol. The van der Waals surface area contributed by atoms with Crippen LogP contribution in [0.1, 0.15) is 24.0 Å². The van der Waals surface area contributed by atoms with Gasteiger partial charge < -0.3 is 15.5 Å². The molecule has 0 saturated carbocycles. The zero-order valence-corrected chi connectivity index (χ0v) is 16.1. The number of aliphatic hydroxyl groups is 2. The molecule has 0 spiro atoms. The highest BCUT2D eigenvalue weighted by atomic mass is 35.5. The van der Waals surface area contributed by atoms with Crippen LogP contribution in [0, 0.1) is 5.92 Å². The Morgan fingerprint density at radius 2 is 1.77 bits per heavy atom. The van der Waals surface area contributed by atoms with Crippen molar-refractivity contribution in [1.29, 1.82) is 0 Å². The van der Waals surface area contributed by atoms with Gasteiger partial charge in [0.25, 0.3) is 0 Å². The molecule has 0 radical (unpaired) electrons. The number of halogens is 1. The fourth-order valence-electron chi connectivity index (χ4n) is 3.41. The second-order valence-corrected chi connectivity index (χ2v) is 7.85. The number of hydrogen-bond donors (Lipinski definition) is 3. The molecule has 3 unspecified atom stereocenters. The van der Waals surface area contributed by atoms with Crippen LogP contribution in [0.25, 0.3) is 0 Å². The molecule has 4 nitrogen and oxygen atoms in total. The van der Waals surface area contributed by atoms with E-state index in [4.69, 9.17) is 11.6 Å². The number of hydrogen-bond acceptors (Lipinski definition) is 4. The Balaban J connectivity index is 1.99. The average Bonchev–Trinajstić information content (AvgIpc) is 3.06. The largest absolute Gasteiger partial charge is 0.389 e. The average molecular weight is 392 g/mol. The van der Waals surface area contributed by atoms with Crippen molar-refractivity contribution >= 4 is 29.3 Å². The van der Waals surface area contributed by atoms with Crippen molar-refractivity contribution in [3.63, 3.8) is 0 Å². The first kappa shape index (κ1) is 19.2. The standard InChI is InChI=1S/C20H22ClNO3S/c1-26-17-8-4-15(5-9-17)20(25,14-2-6-16(21)7-3-14)18(23)12-13-10-11-22-19(13)24/h2-9,13,18,23,25H,10-12H2,1H3,(H,22,24). The number of aliphatic hydroxyl groups excluding tert-OH is 1. The number of thioether (sulfide) groups is 1. The van der Waals surface area contributed by atoms with Crippen LogP contribution in [0.2, 0.25) is 5.02 Å². The van der Waals surface area contributed by atoms with Gasteiger partial charge in [0.15, 0.2) is 0 Å². The van der Waals surface area contributed by atoms with Crippen molar-refractivity contribution in [1.82, 2.24) is 5.32 Å². The third-order valence-electron chi connectivity index (χ3n) is 4.97. The van der Waals surface area contributed by atoms with Crippen LogP contribution >= 0.6 is 23.4 Å². The molecule has 3 N–H and O–H groups in total. The molecule has 1 saturated heterocycles. The van der Waals surface area contributed by atoms with Crippen molar-refractivity contribution in [3.05, 3.63) is 64.7 Å². The van der Waals surface area contributed by atoms with Crippen LogP contribution < -0.4 is 5.32 Å². The summed E-state index contributed by atoms with van der Waals surface area (Å²) >= 11 is 7.59. The van der Waals surface area contributed by atoms with E-state index in [0.29, 0.717) is 29.1 Å². The minimum atomic E-state index is -1.62. The van der Waals surface area contributed by atoms with Crippen molar-refractivity contribution < 1.29 is 15.0 Å². The van der Waals surface area contributed by atoms with Gasteiger partial charge in [-0.3, -0.25) is 4.79 Å². The van der Waals surface area contributed by atoms with Crippen molar-refractivity contribution in [3.8, 4) is 0 Å². The van der Waals surface area contributed by atoms with E-state index in [9.17, 15) is 15.0 Å². The maximum absolute atomic E-state index is 11.9. The highest BCUT2D eigenvalue weighted by molar-refractivity contribution is 7.98. The van der Waals surface area contributed by atoms with E-state index in [2.05, 4.69) is 5.32 Å². The van der Waals surface area contributed by atoms with Crippen LogP contribution in [0.5, 0.6) is 0 Å². The number of benzene rings is 2. The van der Waals surface area contributed by atoms with Gasteiger partial charge in [0, 0.05) is 22.4 Å². The second kappa shape index (κ2) is 8.01. The van der Waals surface area contributed by atoms with E-state index in [1.165, 1.54) is 0 Å². The summed E-state index contributed by atoms with van der Waals surface area (Å²) in [6.07, 6.45) is 1.71. The summed E-state index contributed by atoms with van der Waals surface area (Å²) in [5, 5.41) is 25.9. The maximum Gasteiger partial charge on any atom is 0.223 e. The molecule has 2 aromatic carbocycles. The zero-order chi connectivity index (χ0) is 18.7. The number of amides is 1. The molecule has 1 aliphatic rings. The van der Waals surface area contributed by atoms with E-state index in [1.807, 2.05) is 30.5 Å². The fourth-order valence-corrected chi connectivity index (χ4v) is 3.94. The van der Waals surface area contributed by atoms with Gasteiger partial charge >= 0.3 is 0 Å². The summed E-state index contributed by atoms with van der Waals surface area (Å²) in [6, 6.07) is 14.3. The summed E-state index contributed by atoms with van der Waals surface area (Å²) in [7, 11) is 0. The number of carbonyl (C=O) groups excluding carboxylic acids is 1. The van der Waals surface area contributed by atoms with Crippen molar-refractivity contribution in [2.75, 3.05) is 12.8 Å². The predicted octanol–water partition coefficient (Wildman–Crippen LogP) is 3.18. The summed E-state index contributed by atoms with van der Waals surface area (Å²) in [5.41, 5.74) is -0.488. The van der Waals surface area contributed by atoms with Crippen LogP contribution in [-0.2, 0) is 10.4 Å². The molecular formula is C20H22ClNO3S. The predicted molar refractivity (Wildman–Crippen MR) is 104 cm³/mol. The third-order valence-corrected chi connectivity index (χ3v) is 5.96. The van der Waals surface area contributed by atoms with Gasteiger partial charge in [0.1, 0.15) is 5.60 Å². The first-order valence-electron chi connectivity index (χ1n) is 8.54. The highest BCUT2D eigenvalue weighted by Gasteiger charge is 2.42. The molecule has 3 rings (SSSR count). The molecule has 0 aromatic heterocycles. The lowest BCUT2D eigenvalue weighted by Crippen LogP contribution is -2.42. The van der Waals surface area contributed by atoms with Gasteiger partial charge in [-0.05, 0) is 54.5 Å². The molecule has 1 aliphatic heterocycles. The molecule has 0 aliphatic carbocycles. The number of rotatable bonds is 6. The normalized spacial score (nSPS) is 20.5. The van der Waals surface area contributed by atoms with Gasteiger partial charge in [-0.25, -0.2) is 0 Å². The summed E-state index contributed by atoms with van der Waals surface area (Å²) in [4.78, 5) is 13.0. The summed E-state index contributed by atoms with van der Waals surface area (Å²) in [5.74, 6) is -0.366. The van der Waals surface area contributed by atoms with Gasteiger partial charge in [0.2, 0.25) is 5.91 Å². The van der Waals surface area contributed by atoms with Gasteiger partial charge in [-0.15, -0.1) is 11.8 Å². The minimum absolute atomic E-state index is 0.0692. The molecular weight excluding hydrogens is 370 g/mol. The quantitative estimate of drug-likeness (QED) is 0.661. The van der Waals surface area contributed by atoms with E-state index < -0.39 is 11.7 Å². The lowest BCUT2D eigenvalue weighted by molar-refractivity contribution is -0.125. The Bertz CT molecular complexity index is 766. The lowest BCUT2D eigenvalue weighted by atomic mass is 9.78. The van der Waals surface area contributed by atoms with E-state index in [0.717, 1.165) is 4.90 Å². The summed E-state index contributed by atoms with van der Waals surface area (Å²) in [6.45, 7) is 0.609. The van der Waals surface area contributed by atoms with Crippen LogP contribution in [0.15, 0.2) is 53.4 Å². The Morgan fingerprint density at radius 3 is 2.27 bits per heavy atom. The molecule has 3 atom stereocenters. The molecule has 2 aromatic rings. The Kier molecular flexibility index (Phi) is 5.92. The zero-order valence-electron chi connectivity index (χ0n) is 14.5. The van der Waals surface area contributed by atoms with Crippen LogP contribution in [0.4, 0.5) is 0 Å². The Labute approximate surface area is 162 Å². The Morgan fingerprint density at radius 1 is 1.19 bits per heavy atom. The second-order valence-electron chi connectivity index (χ2n) is 6.53. The molecule has 6 heteroatoms. The highest BCUT2D eigenvalue weighted by Crippen LogP contribution is 2.37. The minimum Gasteiger partial charge on any atom is -0.389 e. The van der Waals surface area contributed by atoms with Crippen molar-refractivity contribution in [2.45, 2.75) is 29.4 Å². The van der Waals surface area contributed by atoms with Crippen LogP contribution in [-0.4, -0.2) is 35.0 Å². The van der Waals surface area contributed by atoms with E-state index in [-0.39, 0.29) is 18.2 Å². The van der Waals surface area contributed by atoms with Gasteiger partial charge in [-0.2, -0.15) is 0 Å². The molecule has 1 amide bonds. The molecule has 0 bridgehead atoms. The lowest BCUT2D eigenvalue weighted by Gasteiger charge is -2.35.